The predicted octanol–water partition coefficient (Wildman–Crippen LogP) is -2.79. The van der Waals surface area contributed by atoms with E-state index in [2.05, 4.69) is 42.1 Å². The molecule has 0 fully saturated rings. The van der Waals surface area contributed by atoms with Gasteiger partial charge in [0.05, 0.1) is 32.8 Å². The lowest BCUT2D eigenvalue weighted by Gasteiger charge is -2.26. The number of rotatable bonds is 1. The van der Waals surface area contributed by atoms with E-state index in [-0.39, 0.29) is 18.6 Å². The van der Waals surface area contributed by atoms with E-state index in [9.17, 15) is 0 Å². The van der Waals surface area contributed by atoms with Gasteiger partial charge in [-0.25, -0.2) is 0 Å². The van der Waals surface area contributed by atoms with Gasteiger partial charge in [0.25, 0.3) is 0 Å². The average Bonchev–Trinajstić information content (AvgIpc) is 2.66. The summed E-state index contributed by atoms with van der Waals surface area (Å²) >= 11 is 0. The van der Waals surface area contributed by atoms with Crippen LogP contribution < -0.4 is 17.3 Å². The van der Waals surface area contributed by atoms with Crippen molar-refractivity contribution in [2.75, 3.05) is 20.7 Å². The van der Waals surface area contributed by atoms with Crippen molar-refractivity contribution in [1.29, 1.82) is 0 Å². The molecule has 1 atom stereocenters. The molecule has 1 aliphatic heterocycles. The van der Waals surface area contributed by atoms with Crippen LogP contribution in [0.25, 0.3) is 10.9 Å². The number of fused-ring (bicyclic) bond motifs is 3. The lowest BCUT2D eigenvalue weighted by atomic mass is 10.2. The summed E-state index contributed by atoms with van der Waals surface area (Å²) in [5.41, 5.74) is 2.27. The van der Waals surface area contributed by atoms with Gasteiger partial charge in [-0.3, -0.25) is 4.68 Å². The molecule has 1 aromatic heterocycles. The van der Waals surface area contributed by atoms with E-state index in [4.69, 9.17) is 4.74 Å². The molecule has 0 aliphatic carbocycles. The Kier molecular flexibility index (Phi) is 3.38. The Bertz CT molecular complexity index is 523. The highest BCUT2D eigenvalue weighted by atomic mass is 35.5. The Hall–Kier alpha value is -1.10. The first-order valence-corrected chi connectivity index (χ1v) is 5.64. The maximum Gasteiger partial charge on any atom is 0.235 e. The summed E-state index contributed by atoms with van der Waals surface area (Å²) in [6.45, 7) is 1.60. The molecule has 0 saturated heterocycles. The molecule has 17 heavy (non-hydrogen) atoms. The summed E-state index contributed by atoms with van der Waals surface area (Å²) in [5.74, 6) is 0. The van der Waals surface area contributed by atoms with Gasteiger partial charge in [-0.1, -0.05) is 18.2 Å². The van der Waals surface area contributed by atoms with E-state index < -0.39 is 0 Å². The van der Waals surface area contributed by atoms with E-state index in [1.165, 1.54) is 16.0 Å². The van der Waals surface area contributed by atoms with Crippen LogP contribution in [0.4, 0.5) is 0 Å². The second kappa shape index (κ2) is 4.64. The fourth-order valence-electron chi connectivity index (χ4n) is 2.32. The summed E-state index contributed by atoms with van der Waals surface area (Å²) in [5, 5.41) is 5.83. The zero-order chi connectivity index (χ0) is 11.1. The number of ether oxygens (including phenoxy) is 1. The highest BCUT2D eigenvalue weighted by Gasteiger charge is 2.29. The number of halogens is 1. The molecule has 5 heteroatoms. The number of nitrogens with one attached hydrogen (secondary N) is 1. The first-order chi connectivity index (χ1) is 7.77. The molecule has 0 spiro atoms. The van der Waals surface area contributed by atoms with E-state index in [1.54, 1.807) is 0 Å². The van der Waals surface area contributed by atoms with Gasteiger partial charge in [0, 0.05) is 5.39 Å². The number of hydrogen-bond acceptors (Lipinski definition) is 2. The number of nitrogens with zero attached hydrogens (tertiary/aromatic N) is 2. The summed E-state index contributed by atoms with van der Waals surface area (Å²) < 4.78 is 7.92. The molecule has 92 valence electrons. The van der Waals surface area contributed by atoms with E-state index in [0.29, 0.717) is 0 Å². The number of benzene rings is 1. The van der Waals surface area contributed by atoms with Crippen LogP contribution in [0.2, 0.25) is 0 Å². The highest BCUT2D eigenvalue weighted by molar-refractivity contribution is 5.81. The summed E-state index contributed by atoms with van der Waals surface area (Å²) in [6, 6.07) is 8.27. The van der Waals surface area contributed by atoms with Crippen LogP contribution in [0.3, 0.4) is 0 Å². The van der Waals surface area contributed by atoms with Gasteiger partial charge in [-0.2, -0.15) is 5.10 Å². The molecule has 1 aromatic carbocycles. The van der Waals surface area contributed by atoms with Crippen molar-refractivity contribution in [1.82, 2.24) is 9.78 Å². The van der Waals surface area contributed by atoms with Crippen LogP contribution in [0.5, 0.6) is 0 Å². The molecular weight excluding hydrogens is 238 g/mol. The third kappa shape index (κ3) is 1.92. The van der Waals surface area contributed by atoms with Gasteiger partial charge in [0.2, 0.25) is 6.23 Å². The number of hydrogen-bond donors (Lipinski definition) is 1. The normalized spacial score (nSPS) is 19.1. The minimum absolute atomic E-state index is 0. The number of quaternary nitrogens is 1. The Morgan fingerprint density at radius 1 is 1.35 bits per heavy atom. The molecule has 2 aromatic rings. The van der Waals surface area contributed by atoms with Crippen LogP contribution in [-0.4, -0.2) is 30.5 Å². The molecular formula is C12H16ClN3O. The molecule has 0 unspecified atom stereocenters. The molecule has 4 nitrogen and oxygen atoms in total. The average molecular weight is 254 g/mol. The van der Waals surface area contributed by atoms with Gasteiger partial charge in [-0.05, 0) is 6.07 Å². The van der Waals surface area contributed by atoms with E-state index in [1.807, 2.05) is 6.07 Å². The standard InChI is InChI=1S/C12H15N3O.ClH/c1-14(2)12-11-9-5-3-4-6-10(9)13-15(11)7-8-16-12;/h3-6,12H,7-8H2,1-2H3;1H/t12-;/m0./s1. The van der Waals surface area contributed by atoms with Crippen molar-refractivity contribution in [3.63, 3.8) is 0 Å². The van der Waals surface area contributed by atoms with Gasteiger partial charge in [0.1, 0.15) is 5.69 Å². The summed E-state index contributed by atoms with van der Waals surface area (Å²) in [6.07, 6.45) is 0.0983. The summed E-state index contributed by atoms with van der Waals surface area (Å²) in [4.78, 5) is 1.28. The second-order valence-electron chi connectivity index (χ2n) is 4.45. The Labute approximate surface area is 107 Å². The number of aromatic nitrogens is 2. The van der Waals surface area contributed by atoms with Crippen LogP contribution >= 0.6 is 0 Å². The Morgan fingerprint density at radius 2 is 2.12 bits per heavy atom. The van der Waals surface area contributed by atoms with Crippen molar-refractivity contribution >= 4 is 10.9 Å². The molecule has 1 aliphatic rings. The Balaban J connectivity index is 0.00000108. The van der Waals surface area contributed by atoms with Crippen molar-refractivity contribution in [2.45, 2.75) is 12.8 Å². The van der Waals surface area contributed by atoms with Crippen LogP contribution in [0, 0.1) is 0 Å². The third-order valence-corrected chi connectivity index (χ3v) is 3.05. The van der Waals surface area contributed by atoms with Crippen LogP contribution in [-0.2, 0) is 11.3 Å². The van der Waals surface area contributed by atoms with E-state index in [0.717, 1.165) is 18.7 Å². The van der Waals surface area contributed by atoms with Crippen molar-refractivity contribution in [2.24, 2.45) is 0 Å². The molecule has 0 bridgehead atoms. The minimum atomic E-state index is 0. The third-order valence-electron chi connectivity index (χ3n) is 3.05. The molecule has 2 heterocycles. The Morgan fingerprint density at radius 3 is 2.88 bits per heavy atom. The van der Waals surface area contributed by atoms with Gasteiger partial charge >= 0.3 is 0 Å². The topological polar surface area (TPSA) is 31.5 Å². The molecule has 0 radical (unpaired) electrons. The van der Waals surface area contributed by atoms with Gasteiger partial charge < -0.3 is 22.0 Å². The first kappa shape index (κ1) is 12.4. The zero-order valence-electron chi connectivity index (χ0n) is 9.98. The zero-order valence-corrected chi connectivity index (χ0v) is 10.7. The lowest BCUT2D eigenvalue weighted by Crippen LogP contribution is -3.06. The van der Waals surface area contributed by atoms with E-state index >= 15 is 0 Å². The molecule has 3 rings (SSSR count). The van der Waals surface area contributed by atoms with Crippen LogP contribution in [0.15, 0.2) is 24.3 Å². The lowest BCUT2D eigenvalue weighted by molar-refractivity contribution is -0.920. The molecule has 1 N–H and O–H groups in total. The molecule has 0 amide bonds. The highest BCUT2D eigenvalue weighted by Crippen LogP contribution is 2.25. The fraction of sp³-hybridized carbons (Fsp3) is 0.417. The second-order valence-corrected chi connectivity index (χ2v) is 4.45. The summed E-state index contributed by atoms with van der Waals surface area (Å²) in [7, 11) is 4.23. The van der Waals surface area contributed by atoms with Crippen molar-refractivity contribution < 1.29 is 22.0 Å². The predicted molar refractivity (Wildman–Crippen MR) is 61.2 cm³/mol. The van der Waals surface area contributed by atoms with Crippen LogP contribution in [0.1, 0.15) is 11.9 Å². The van der Waals surface area contributed by atoms with Gasteiger partial charge in [-0.15, -0.1) is 0 Å². The largest absolute Gasteiger partial charge is 1.00 e. The van der Waals surface area contributed by atoms with Crippen molar-refractivity contribution in [3.8, 4) is 0 Å². The van der Waals surface area contributed by atoms with Gasteiger partial charge in [0.15, 0.2) is 0 Å². The maximum absolute atomic E-state index is 5.83. The fourth-order valence-corrected chi connectivity index (χ4v) is 2.32. The first-order valence-electron chi connectivity index (χ1n) is 5.64. The van der Waals surface area contributed by atoms with Crippen molar-refractivity contribution in [3.05, 3.63) is 30.0 Å². The quantitative estimate of drug-likeness (QED) is 0.596. The minimum Gasteiger partial charge on any atom is -1.00 e. The SMILES string of the molecule is C[NH+](C)[C@H]1OCCn2nc3ccccc3c21.[Cl-]. The smallest absolute Gasteiger partial charge is 0.235 e. The molecule has 0 saturated carbocycles. The maximum atomic E-state index is 5.83. The monoisotopic (exact) mass is 253 g/mol.